The molecule has 0 aliphatic heterocycles. The van der Waals surface area contributed by atoms with Gasteiger partial charge >= 0.3 is 0 Å². The van der Waals surface area contributed by atoms with Crippen LogP contribution >= 0.6 is 11.8 Å². The second kappa shape index (κ2) is 8.40. The highest BCUT2D eigenvalue weighted by molar-refractivity contribution is 7.99. The third kappa shape index (κ3) is 5.36. The molecule has 1 aromatic rings. The van der Waals surface area contributed by atoms with E-state index in [1.165, 1.54) is 18.6 Å². The average molecular weight is 236 g/mol. The van der Waals surface area contributed by atoms with E-state index in [4.69, 9.17) is 0 Å². The monoisotopic (exact) mass is 236 g/mol. The third-order valence-corrected chi connectivity index (χ3v) is 3.59. The Morgan fingerprint density at radius 1 is 1.12 bits per heavy atom. The highest BCUT2D eigenvalue weighted by Crippen LogP contribution is 2.10. The number of benzene rings is 1. The summed E-state index contributed by atoms with van der Waals surface area (Å²) in [7, 11) is 0. The number of carbonyl (C=O) groups is 1. The molecule has 2 heteroatoms. The van der Waals surface area contributed by atoms with Crippen LogP contribution in [0.2, 0.25) is 0 Å². The van der Waals surface area contributed by atoms with Gasteiger partial charge < -0.3 is 0 Å². The molecule has 0 bridgehead atoms. The smallest absolute Gasteiger partial charge is 0.162 e. The Bertz CT molecular complexity index is 295. The molecule has 0 aliphatic rings. The topological polar surface area (TPSA) is 17.1 Å². The summed E-state index contributed by atoms with van der Waals surface area (Å²) in [5.74, 6) is 2.62. The van der Waals surface area contributed by atoms with Crippen molar-refractivity contribution in [2.24, 2.45) is 0 Å². The fourth-order valence-corrected chi connectivity index (χ4v) is 2.50. The zero-order chi connectivity index (χ0) is 11.6. The number of carbonyl (C=O) groups excluding carboxylic acids is 1. The van der Waals surface area contributed by atoms with Crippen LogP contribution in [0.3, 0.4) is 0 Å². The lowest BCUT2D eigenvalue weighted by atomic mass is 10.1. The van der Waals surface area contributed by atoms with Crippen LogP contribution in [0.5, 0.6) is 0 Å². The maximum Gasteiger partial charge on any atom is 0.162 e. The normalized spacial score (nSPS) is 10.3. The number of rotatable bonds is 8. The summed E-state index contributed by atoms with van der Waals surface area (Å²) in [6.07, 6.45) is 4.23. The molecule has 0 heterocycles. The minimum absolute atomic E-state index is 0.275. The maximum atomic E-state index is 11.7. The molecule has 1 aromatic carbocycles. The second-order valence-corrected chi connectivity index (χ2v) is 5.08. The summed E-state index contributed by atoms with van der Waals surface area (Å²) < 4.78 is 0. The van der Waals surface area contributed by atoms with Crippen molar-refractivity contribution in [3.05, 3.63) is 35.9 Å². The molecule has 0 radical (unpaired) electrons. The molecule has 1 nitrogen and oxygen atoms in total. The Morgan fingerprint density at radius 3 is 2.50 bits per heavy atom. The van der Waals surface area contributed by atoms with Gasteiger partial charge in [0.2, 0.25) is 0 Å². The molecule has 0 saturated heterocycles. The van der Waals surface area contributed by atoms with Crippen molar-refractivity contribution in [1.82, 2.24) is 0 Å². The highest BCUT2D eigenvalue weighted by Gasteiger charge is 2.03. The molecule has 0 amide bonds. The molecule has 16 heavy (non-hydrogen) atoms. The molecule has 0 aromatic heterocycles. The Labute approximate surface area is 103 Å². The fraction of sp³-hybridized carbons (Fsp3) is 0.500. The van der Waals surface area contributed by atoms with Crippen molar-refractivity contribution in [3.8, 4) is 0 Å². The van der Waals surface area contributed by atoms with E-state index in [1.807, 2.05) is 42.1 Å². The van der Waals surface area contributed by atoms with Crippen LogP contribution in [0.1, 0.15) is 43.0 Å². The number of ketones is 1. The standard InChI is InChI=1S/C14H20OS/c1-2-3-11-16-12-7-10-14(15)13-8-5-4-6-9-13/h4-6,8-9H,2-3,7,10-12H2,1H3. The van der Waals surface area contributed by atoms with Gasteiger partial charge in [0.15, 0.2) is 5.78 Å². The van der Waals surface area contributed by atoms with Gasteiger partial charge in [-0.15, -0.1) is 0 Å². The van der Waals surface area contributed by atoms with E-state index in [-0.39, 0.29) is 5.78 Å². The van der Waals surface area contributed by atoms with Gasteiger partial charge in [0.25, 0.3) is 0 Å². The van der Waals surface area contributed by atoms with Crippen LogP contribution in [0, 0.1) is 0 Å². The summed E-state index contributed by atoms with van der Waals surface area (Å²) >= 11 is 1.96. The molecule has 0 saturated carbocycles. The minimum Gasteiger partial charge on any atom is -0.294 e. The lowest BCUT2D eigenvalue weighted by molar-refractivity contribution is 0.0982. The Morgan fingerprint density at radius 2 is 1.81 bits per heavy atom. The van der Waals surface area contributed by atoms with Crippen molar-refractivity contribution < 1.29 is 4.79 Å². The molecule has 0 atom stereocenters. The van der Waals surface area contributed by atoms with Gasteiger partial charge in [0, 0.05) is 12.0 Å². The molecule has 1 rings (SSSR count). The number of unbranched alkanes of at least 4 members (excludes halogenated alkanes) is 1. The van der Waals surface area contributed by atoms with Crippen LogP contribution in [0.25, 0.3) is 0 Å². The van der Waals surface area contributed by atoms with Gasteiger partial charge in [-0.25, -0.2) is 0 Å². The zero-order valence-corrected chi connectivity index (χ0v) is 10.8. The first kappa shape index (κ1) is 13.3. The van der Waals surface area contributed by atoms with Crippen molar-refractivity contribution in [2.75, 3.05) is 11.5 Å². The quantitative estimate of drug-likeness (QED) is 0.497. The Balaban J connectivity index is 2.12. The highest BCUT2D eigenvalue weighted by atomic mass is 32.2. The maximum absolute atomic E-state index is 11.7. The Hall–Kier alpha value is -0.760. The molecule has 0 spiro atoms. The van der Waals surface area contributed by atoms with E-state index in [9.17, 15) is 4.79 Å². The van der Waals surface area contributed by atoms with Gasteiger partial charge in [-0.3, -0.25) is 4.79 Å². The molecular formula is C14H20OS. The van der Waals surface area contributed by atoms with Gasteiger partial charge in [-0.1, -0.05) is 43.7 Å². The van der Waals surface area contributed by atoms with E-state index < -0.39 is 0 Å². The molecule has 0 aliphatic carbocycles. The molecule has 0 fully saturated rings. The van der Waals surface area contributed by atoms with E-state index >= 15 is 0 Å². The lowest BCUT2D eigenvalue weighted by Crippen LogP contribution is -1.99. The summed E-state index contributed by atoms with van der Waals surface area (Å²) in [6.45, 7) is 2.21. The summed E-state index contributed by atoms with van der Waals surface area (Å²) in [5, 5.41) is 0. The van der Waals surface area contributed by atoms with Gasteiger partial charge in [-0.2, -0.15) is 11.8 Å². The second-order valence-electron chi connectivity index (χ2n) is 3.86. The van der Waals surface area contributed by atoms with E-state index in [2.05, 4.69) is 6.92 Å². The van der Waals surface area contributed by atoms with Gasteiger partial charge in [0.1, 0.15) is 0 Å². The van der Waals surface area contributed by atoms with Crippen LogP contribution in [0.15, 0.2) is 30.3 Å². The number of hydrogen-bond donors (Lipinski definition) is 0. The van der Waals surface area contributed by atoms with Gasteiger partial charge in [0.05, 0.1) is 0 Å². The van der Waals surface area contributed by atoms with E-state index in [1.54, 1.807) is 0 Å². The first-order chi connectivity index (χ1) is 7.84. The molecule has 88 valence electrons. The summed E-state index contributed by atoms with van der Waals surface area (Å²) in [5.41, 5.74) is 0.848. The van der Waals surface area contributed by atoms with Crippen LogP contribution in [0.4, 0.5) is 0 Å². The fourth-order valence-electron chi connectivity index (χ4n) is 1.45. The lowest BCUT2D eigenvalue weighted by Gasteiger charge is -2.01. The van der Waals surface area contributed by atoms with Crippen LogP contribution < -0.4 is 0 Å². The van der Waals surface area contributed by atoms with Gasteiger partial charge in [-0.05, 0) is 24.3 Å². The third-order valence-electron chi connectivity index (χ3n) is 2.43. The molecule has 0 N–H and O–H groups in total. The van der Waals surface area contributed by atoms with Crippen molar-refractivity contribution >= 4 is 17.5 Å². The summed E-state index contributed by atoms with van der Waals surface area (Å²) in [4.78, 5) is 11.7. The number of thioether (sulfide) groups is 1. The number of Topliss-reactive ketones (excluding diaryl/α,β-unsaturated/α-hetero) is 1. The van der Waals surface area contributed by atoms with Crippen molar-refractivity contribution in [3.63, 3.8) is 0 Å². The van der Waals surface area contributed by atoms with Crippen molar-refractivity contribution in [1.29, 1.82) is 0 Å². The predicted molar refractivity (Wildman–Crippen MR) is 72.2 cm³/mol. The zero-order valence-electron chi connectivity index (χ0n) is 9.95. The number of hydrogen-bond acceptors (Lipinski definition) is 2. The Kier molecular flexibility index (Phi) is 6.98. The first-order valence-electron chi connectivity index (χ1n) is 6.00. The van der Waals surface area contributed by atoms with Crippen molar-refractivity contribution in [2.45, 2.75) is 32.6 Å². The molecule has 0 unspecified atom stereocenters. The van der Waals surface area contributed by atoms with E-state index in [0.29, 0.717) is 6.42 Å². The van der Waals surface area contributed by atoms with E-state index in [0.717, 1.165) is 17.7 Å². The predicted octanol–water partition coefficient (Wildman–Crippen LogP) is 4.18. The van der Waals surface area contributed by atoms with Crippen LogP contribution in [-0.4, -0.2) is 17.3 Å². The first-order valence-corrected chi connectivity index (χ1v) is 7.16. The average Bonchev–Trinajstić information content (AvgIpc) is 2.34. The minimum atomic E-state index is 0.275. The molecular weight excluding hydrogens is 216 g/mol. The van der Waals surface area contributed by atoms with Crippen LogP contribution in [-0.2, 0) is 0 Å². The summed E-state index contributed by atoms with van der Waals surface area (Å²) in [6, 6.07) is 9.57. The SMILES string of the molecule is CCCCSCCCC(=O)c1ccccc1. The largest absolute Gasteiger partial charge is 0.294 e.